The quantitative estimate of drug-likeness (QED) is 0.795. The number of para-hydroxylation sites is 1. The summed E-state index contributed by atoms with van der Waals surface area (Å²) < 4.78 is 5.34. The standard InChI is InChI=1S/C13H22N2O/c1-11(14-9-10-15(2)3)12-7-5-6-8-13(12)16-4/h5-8,11,14H,9-10H2,1-4H3/t11-/m1/s1. The van der Waals surface area contributed by atoms with Crippen molar-refractivity contribution in [2.24, 2.45) is 0 Å². The van der Waals surface area contributed by atoms with Crippen molar-refractivity contribution >= 4 is 0 Å². The largest absolute Gasteiger partial charge is 0.496 e. The molecule has 90 valence electrons. The summed E-state index contributed by atoms with van der Waals surface area (Å²) in [5.41, 5.74) is 1.21. The Balaban J connectivity index is 2.55. The van der Waals surface area contributed by atoms with E-state index in [1.807, 2.05) is 18.2 Å². The van der Waals surface area contributed by atoms with Gasteiger partial charge in [0, 0.05) is 24.7 Å². The molecule has 16 heavy (non-hydrogen) atoms. The molecule has 1 aromatic carbocycles. The van der Waals surface area contributed by atoms with Crippen molar-refractivity contribution in [3.8, 4) is 5.75 Å². The third kappa shape index (κ3) is 3.83. The number of hydrogen-bond donors (Lipinski definition) is 1. The molecule has 0 aliphatic rings. The van der Waals surface area contributed by atoms with Gasteiger partial charge in [-0.1, -0.05) is 18.2 Å². The number of nitrogens with one attached hydrogen (secondary N) is 1. The van der Waals surface area contributed by atoms with E-state index in [4.69, 9.17) is 4.74 Å². The Hall–Kier alpha value is -1.06. The summed E-state index contributed by atoms with van der Waals surface area (Å²) in [6, 6.07) is 8.46. The van der Waals surface area contributed by atoms with Crippen LogP contribution in [0.5, 0.6) is 5.75 Å². The highest BCUT2D eigenvalue weighted by Crippen LogP contribution is 2.23. The van der Waals surface area contributed by atoms with Crippen molar-refractivity contribution in [3.05, 3.63) is 29.8 Å². The minimum Gasteiger partial charge on any atom is -0.496 e. The Labute approximate surface area is 98.4 Å². The highest BCUT2D eigenvalue weighted by atomic mass is 16.5. The second kappa shape index (κ2) is 6.51. The van der Waals surface area contributed by atoms with E-state index in [2.05, 4.69) is 37.3 Å². The predicted octanol–water partition coefficient (Wildman–Crippen LogP) is 1.91. The van der Waals surface area contributed by atoms with Crippen LogP contribution in [-0.4, -0.2) is 39.2 Å². The number of nitrogens with zero attached hydrogens (tertiary/aromatic N) is 1. The number of rotatable bonds is 6. The SMILES string of the molecule is COc1ccccc1[C@@H](C)NCCN(C)C. The summed E-state index contributed by atoms with van der Waals surface area (Å²) in [6.45, 7) is 4.18. The minimum absolute atomic E-state index is 0.316. The second-order valence-corrected chi connectivity index (χ2v) is 4.22. The average Bonchev–Trinajstić information content (AvgIpc) is 2.28. The maximum absolute atomic E-state index is 5.34. The van der Waals surface area contributed by atoms with Crippen LogP contribution in [0.2, 0.25) is 0 Å². The Bertz CT molecular complexity index is 313. The lowest BCUT2D eigenvalue weighted by molar-refractivity contribution is 0.379. The molecule has 0 bridgehead atoms. The first-order valence-electron chi connectivity index (χ1n) is 5.66. The molecule has 0 saturated carbocycles. The van der Waals surface area contributed by atoms with Crippen LogP contribution in [0.3, 0.4) is 0 Å². The van der Waals surface area contributed by atoms with E-state index in [1.54, 1.807) is 7.11 Å². The molecule has 1 N–H and O–H groups in total. The van der Waals surface area contributed by atoms with Gasteiger partial charge in [0.15, 0.2) is 0 Å². The Morgan fingerprint density at radius 2 is 2.00 bits per heavy atom. The van der Waals surface area contributed by atoms with Gasteiger partial charge in [-0.25, -0.2) is 0 Å². The lowest BCUT2D eigenvalue weighted by Gasteiger charge is -2.18. The van der Waals surface area contributed by atoms with Crippen LogP contribution in [0, 0.1) is 0 Å². The predicted molar refractivity (Wildman–Crippen MR) is 68.0 cm³/mol. The minimum atomic E-state index is 0.316. The van der Waals surface area contributed by atoms with Gasteiger partial charge in [0.2, 0.25) is 0 Å². The number of benzene rings is 1. The molecule has 0 unspecified atom stereocenters. The molecule has 0 aliphatic carbocycles. The van der Waals surface area contributed by atoms with Gasteiger partial charge in [0.1, 0.15) is 5.75 Å². The fourth-order valence-corrected chi connectivity index (χ4v) is 1.64. The molecule has 0 aromatic heterocycles. The summed E-state index contributed by atoms with van der Waals surface area (Å²) >= 11 is 0. The number of likely N-dealkylation sites (N-methyl/N-ethyl adjacent to an activating group) is 1. The first-order valence-corrected chi connectivity index (χ1v) is 5.66. The highest BCUT2D eigenvalue weighted by molar-refractivity contribution is 5.35. The second-order valence-electron chi connectivity index (χ2n) is 4.22. The molecule has 1 aromatic rings. The van der Waals surface area contributed by atoms with E-state index in [9.17, 15) is 0 Å². The summed E-state index contributed by atoms with van der Waals surface area (Å²) in [5, 5.41) is 3.48. The van der Waals surface area contributed by atoms with E-state index in [0.29, 0.717) is 6.04 Å². The van der Waals surface area contributed by atoms with Crippen molar-refractivity contribution in [1.29, 1.82) is 0 Å². The lowest BCUT2D eigenvalue weighted by Crippen LogP contribution is -2.28. The Morgan fingerprint density at radius 3 is 2.62 bits per heavy atom. The molecule has 3 nitrogen and oxygen atoms in total. The van der Waals surface area contributed by atoms with Gasteiger partial charge >= 0.3 is 0 Å². The normalized spacial score (nSPS) is 12.8. The first-order chi connectivity index (χ1) is 7.65. The molecule has 0 aliphatic heterocycles. The maximum Gasteiger partial charge on any atom is 0.123 e. The van der Waals surface area contributed by atoms with Crippen LogP contribution < -0.4 is 10.1 Å². The number of methoxy groups -OCH3 is 1. The highest BCUT2D eigenvalue weighted by Gasteiger charge is 2.09. The topological polar surface area (TPSA) is 24.5 Å². The van der Waals surface area contributed by atoms with Crippen LogP contribution in [0.4, 0.5) is 0 Å². The molecule has 0 saturated heterocycles. The summed E-state index contributed by atoms with van der Waals surface area (Å²) in [6.07, 6.45) is 0. The number of hydrogen-bond acceptors (Lipinski definition) is 3. The van der Waals surface area contributed by atoms with Gasteiger partial charge in [-0.05, 0) is 27.1 Å². The van der Waals surface area contributed by atoms with Crippen molar-refractivity contribution < 1.29 is 4.74 Å². The van der Waals surface area contributed by atoms with Gasteiger partial charge in [-0.15, -0.1) is 0 Å². The van der Waals surface area contributed by atoms with Crippen molar-refractivity contribution in [2.45, 2.75) is 13.0 Å². The molecule has 3 heteroatoms. The first kappa shape index (κ1) is 13.0. The number of ether oxygens (including phenoxy) is 1. The van der Waals surface area contributed by atoms with Crippen LogP contribution >= 0.6 is 0 Å². The summed E-state index contributed by atoms with van der Waals surface area (Å²) in [7, 11) is 5.87. The van der Waals surface area contributed by atoms with E-state index < -0.39 is 0 Å². The monoisotopic (exact) mass is 222 g/mol. The molecule has 0 radical (unpaired) electrons. The van der Waals surface area contributed by atoms with E-state index in [1.165, 1.54) is 5.56 Å². The van der Waals surface area contributed by atoms with Crippen LogP contribution in [0.1, 0.15) is 18.5 Å². The summed E-state index contributed by atoms with van der Waals surface area (Å²) in [4.78, 5) is 2.17. The molecule has 0 fully saturated rings. The molecule has 1 atom stereocenters. The van der Waals surface area contributed by atoms with E-state index in [-0.39, 0.29) is 0 Å². The Kier molecular flexibility index (Phi) is 5.29. The van der Waals surface area contributed by atoms with Crippen molar-refractivity contribution in [2.75, 3.05) is 34.3 Å². The van der Waals surface area contributed by atoms with E-state index >= 15 is 0 Å². The zero-order chi connectivity index (χ0) is 12.0. The molecule has 1 rings (SSSR count). The van der Waals surface area contributed by atoms with Crippen molar-refractivity contribution in [3.63, 3.8) is 0 Å². The maximum atomic E-state index is 5.34. The fourth-order valence-electron chi connectivity index (χ4n) is 1.64. The molecular formula is C13H22N2O. The molecule has 0 spiro atoms. The summed E-state index contributed by atoms with van der Waals surface area (Å²) in [5.74, 6) is 0.951. The van der Waals surface area contributed by atoms with Crippen LogP contribution in [-0.2, 0) is 0 Å². The van der Waals surface area contributed by atoms with Crippen molar-refractivity contribution in [1.82, 2.24) is 10.2 Å². The third-order valence-electron chi connectivity index (χ3n) is 2.61. The Morgan fingerprint density at radius 1 is 1.31 bits per heavy atom. The van der Waals surface area contributed by atoms with Gasteiger partial charge in [0.25, 0.3) is 0 Å². The zero-order valence-corrected chi connectivity index (χ0v) is 10.7. The fraction of sp³-hybridized carbons (Fsp3) is 0.538. The third-order valence-corrected chi connectivity index (χ3v) is 2.61. The van der Waals surface area contributed by atoms with Crippen LogP contribution in [0.15, 0.2) is 24.3 Å². The zero-order valence-electron chi connectivity index (χ0n) is 10.7. The van der Waals surface area contributed by atoms with Gasteiger partial charge < -0.3 is 15.0 Å². The molecule has 0 amide bonds. The van der Waals surface area contributed by atoms with Gasteiger partial charge in [0.05, 0.1) is 7.11 Å². The van der Waals surface area contributed by atoms with E-state index in [0.717, 1.165) is 18.8 Å². The smallest absolute Gasteiger partial charge is 0.123 e. The average molecular weight is 222 g/mol. The van der Waals surface area contributed by atoms with Gasteiger partial charge in [-0.2, -0.15) is 0 Å². The molecule has 0 heterocycles. The molecular weight excluding hydrogens is 200 g/mol. The lowest BCUT2D eigenvalue weighted by atomic mass is 10.1. The van der Waals surface area contributed by atoms with Gasteiger partial charge in [-0.3, -0.25) is 0 Å². The van der Waals surface area contributed by atoms with Crippen LogP contribution in [0.25, 0.3) is 0 Å².